The maximum Gasteiger partial charge on any atom is 0.325 e. The minimum Gasteiger partial charge on any atom is -0.444 e. The van der Waals surface area contributed by atoms with Gasteiger partial charge < -0.3 is 20.4 Å². The lowest BCUT2D eigenvalue weighted by Gasteiger charge is -2.19. The van der Waals surface area contributed by atoms with Gasteiger partial charge in [-0.05, 0) is 38.8 Å². The Morgan fingerprint density at radius 3 is 2.59 bits per heavy atom. The summed E-state index contributed by atoms with van der Waals surface area (Å²) >= 11 is 0. The molecule has 1 aromatic carbocycles. The molecule has 3 rings (SSSR count). The Morgan fingerprint density at radius 2 is 1.97 bits per heavy atom. The number of urea groups is 1. The van der Waals surface area contributed by atoms with Gasteiger partial charge in [0, 0.05) is 25.7 Å². The summed E-state index contributed by atoms with van der Waals surface area (Å²) < 4.78 is 5.57. The molecule has 0 aliphatic carbocycles. The first kappa shape index (κ1) is 25.6. The van der Waals surface area contributed by atoms with E-state index in [0.717, 1.165) is 11.3 Å². The summed E-state index contributed by atoms with van der Waals surface area (Å²) in [7, 11) is 1.68. The van der Waals surface area contributed by atoms with Gasteiger partial charge in [-0.1, -0.05) is 24.6 Å². The van der Waals surface area contributed by atoms with Gasteiger partial charge in [0.25, 0.3) is 5.91 Å². The Balaban J connectivity index is 0.00000363. The first-order chi connectivity index (χ1) is 14.9. The van der Waals surface area contributed by atoms with Crippen LogP contribution in [-0.4, -0.2) is 53.5 Å². The lowest BCUT2D eigenvalue weighted by atomic mass is 9.99. The topological polar surface area (TPSA) is 112 Å². The van der Waals surface area contributed by atoms with Crippen LogP contribution in [0, 0.1) is 6.92 Å². The Labute approximate surface area is 205 Å². The summed E-state index contributed by atoms with van der Waals surface area (Å²) in [5.74, 6) is 1.01. The number of carbonyl (C=O) groups is 2. The van der Waals surface area contributed by atoms with E-state index in [9.17, 15) is 9.59 Å². The third kappa shape index (κ3) is 5.99. The molecular formula is C22H31IN6O3. The molecule has 1 aliphatic heterocycles. The van der Waals surface area contributed by atoms with Crippen molar-refractivity contribution >= 4 is 41.9 Å². The summed E-state index contributed by atoms with van der Waals surface area (Å²) in [6.07, 6.45) is 2.80. The van der Waals surface area contributed by atoms with Gasteiger partial charge in [0.2, 0.25) is 5.89 Å². The first-order valence-corrected chi connectivity index (χ1v) is 10.5. The smallest absolute Gasteiger partial charge is 0.325 e. The van der Waals surface area contributed by atoms with Crippen molar-refractivity contribution in [2.75, 3.05) is 20.1 Å². The molecule has 1 fully saturated rings. The van der Waals surface area contributed by atoms with Crippen molar-refractivity contribution in [2.45, 2.75) is 45.7 Å². The zero-order valence-electron chi connectivity index (χ0n) is 18.9. The fourth-order valence-electron chi connectivity index (χ4n) is 3.25. The van der Waals surface area contributed by atoms with E-state index in [1.54, 1.807) is 20.2 Å². The van der Waals surface area contributed by atoms with E-state index in [-0.39, 0.29) is 35.9 Å². The molecule has 1 saturated heterocycles. The highest BCUT2D eigenvalue weighted by Crippen LogP contribution is 2.21. The second-order valence-electron chi connectivity index (χ2n) is 7.79. The molecule has 0 spiro atoms. The monoisotopic (exact) mass is 554 g/mol. The van der Waals surface area contributed by atoms with Crippen molar-refractivity contribution in [1.82, 2.24) is 25.8 Å². The van der Waals surface area contributed by atoms with Gasteiger partial charge in [-0.2, -0.15) is 0 Å². The number of aryl methyl sites for hydroxylation is 1. The predicted octanol–water partition coefficient (Wildman–Crippen LogP) is 3.04. The third-order valence-corrected chi connectivity index (χ3v) is 5.41. The molecule has 10 heteroatoms. The number of aromatic nitrogens is 1. The van der Waals surface area contributed by atoms with E-state index in [2.05, 4.69) is 25.9 Å². The van der Waals surface area contributed by atoms with Crippen LogP contribution in [0.4, 0.5) is 4.79 Å². The van der Waals surface area contributed by atoms with Gasteiger partial charge in [0.05, 0.1) is 12.2 Å². The summed E-state index contributed by atoms with van der Waals surface area (Å²) in [4.78, 5) is 34.4. The van der Waals surface area contributed by atoms with Crippen LogP contribution in [0.15, 0.2) is 39.9 Å². The highest BCUT2D eigenvalue weighted by Gasteiger charge is 2.45. The lowest BCUT2D eigenvalue weighted by molar-refractivity contribution is -0.130. The van der Waals surface area contributed by atoms with Crippen molar-refractivity contribution in [3.05, 3.63) is 41.8 Å². The van der Waals surface area contributed by atoms with E-state index in [1.807, 2.05) is 38.1 Å². The summed E-state index contributed by atoms with van der Waals surface area (Å²) in [5.41, 5.74) is 2.08. The number of imide groups is 1. The number of nitrogens with zero attached hydrogens (tertiary/aromatic N) is 3. The van der Waals surface area contributed by atoms with Crippen LogP contribution in [0.25, 0.3) is 11.5 Å². The number of benzene rings is 1. The molecule has 174 valence electrons. The lowest BCUT2D eigenvalue weighted by Crippen LogP contribution is -2.43. The van der Waals surface area contributed by atoms with Crippen molar-refractivity contribution in [2.24, 2.45) is 4.99 Å². The fourth-order valence-corrected chi connectivity index (χ4v) is 3.25. The molecular weight excluding hydrogens is 523 g/mol. The molecule has 2 heterocycles. The zero-order valence-corrected chi connectivity index (χ0v) is 21.2. The molecule has 3 N–H and O–H groups in total. The van der Waals surface area contributed by atoms with Crippen molar-refractivity contribution in [1.29, 1.82) is 0 Å². The minimum absolute atomic E-state index is 0. The number of oxazole rings is 1. The molecule has 1 aromatic heterocycles. The fraction of sp³-hybridized carbons (Fsp3) is 0.455. The maximum absolute atomic E-state index is 12.4. The molecule has 32 heavy (non-hydrogen) atoms. The number of guanidine groups is 1. The van der Waals surface area contributed by atoms with E-state index >= 15 is 0 Å². The van der Waals surface area contributed by atoms with Crippen molar-refractivity contribution < 1.29 is 14.0 Å². The van der Waals surface area contributed by atoms with Crippen molar-refractivity contribution in [3.8, 4) is 11.5 Å². The quantitative estimate of drug-likeness (QED) is 0.152. The SMILES string of the molecule is CCC1(C)NC(=O)N(CCCNC(=NC)NCc2coc(-c3ccc(C)cc3)n2)C1=O.I. The Hall–Kier alpha value is -2.63. The summed E-state index contributed by atoms with van der Waals surface area (Å²) in [5, 5.41) is 9.13. The Kier molecular flexibility index (Phi) is 9.05. The van der Waals surface area contributed by atoms with Crippen LogP contribution >= 0.6 is 24.0 Å². The van der Waals surface area contributed by atoms with Crippen LogP contribution < -0.4 is 16.0 Å². The average molecular weight is 554 g/mol. The predicted molar refractivity (Wildman–Crippen MR) is 134 cm³/mol. The average Bonchev–Trinajstić information content (AvgIpc) is 3.32. The number of hydrogen-bond donors (Lipinski definition) is 3. The maximum atomic E-state index is 12.4. The molecule has 3 amide bonds. The highest BCUT2D eigenvalue weighted by atomic mass is 127. The van der Waals surface area contributed by atoms with E-state index in [0.29, 0.717) is 44.3 Å². The third-order valence-electron chi connectivity index (χ3n) is 5.41. The number of amides is 3. The second kappa shape index (κ2) is 11.3. The molecule has 1 aliphatic rings. The van der Waals surface area contributed by atoms with Crippen LogP contribution in [0.1, 0.15) is 37.9 Å². The first-order valence-electron chi connectivity index (χ1n) is 10.5. The molecule has 9 nitrogen and oxygen atoms in total. The number of rotatable bonds is 8. The van der Waals surface area contributed by atoms with Crippen LogP contribution in [0.2, 0.25) is 0 Å². The summed E-state index contributed by atoms with van der Waals surface area (Å²) in [6.45, 7) is 7.05. The van der Waals surface area contributed by atoms with Crippen LogP contribution in [0.5, 0.6) is 0 Å². The number of nitrogens with one attached hydrogen (secondary N) is 3. The second-order valence-corrected chi connectivity index (χ2v) is 7.79. The molecule has 0 radical (unpaired) electrons. The molecule has 0 bridgehead atoms. The highest BCUT2D eigenvalue weighted by molar-refractivity contribution is 14.0. The van der Waals surface area contributed by atoms with Gasteiger partial charge in [-0.15, -0.1) is 24.0 Å². The van der Waals surface area contributed by atoms with Crippen molar-refractivity contribution in [3.63, 3.8) is 0 Å². The van der Waals surface area contributed by atoms with E-state index in [4.69, 9.17) is 4.42 Å². The number of halogens is 1. The Bertz CT molecular complexity index is 959. The van der Waals surface area contributed by atoms with E-state index in [1.165, 1.54) is 10.5 Å². The summed E-state index contributed by atoms with van der Waals surface area (Å²) in [6, 6.07) is 7.67. The normalized spacial score (nSPS) is 18.4. The van der Waals surface area contributed by atoms with E-state index < -0.39 is 5.54 Å². The van der Waals surface area contributed by atoms with Gasteiger partial charge in [-0.25, -0.2) is 9.78 Å². The zero-order chi connectivity index (χ0) is 22.4. The molecule has 1 unspecified atom stereocenters. The van der Waals surface area contributed by atoms with Crippen LogP contribution in [-0.2, 0) is 11.3 Å². The Morgan fingerprint density at radius 1 is 1.25 bits per heavy atom. The standard InChI is InChI=1S/C22H30N6O3.HI/c1-5-22(3)19(29)28(21(30)27-22)12-6-11-24-20(23-4)25-13-17-14-31-18(26-17)16-9-7-15(2)8-10-16;/h7-10,14H,5-6,11-13H2,1-4H3,(H,27,30)(H2,23,24,25);1H. The van der Waals surface area contributed by atoms with Gasteiger partial charge in [0.15, 0.2) is 5.96 Å². The van der Waals surface area contributed by atoms with Gasteiger partial charge in [0.1, 0.15) is 11.8 Å². The van der Waals surface area contributed by atoms with Gasteiger partial charge >= 0.3 is 6.03 Å². The number of aliphatic imine (C=N–C) groups is 1. The van der Waals surface area contributed by atoms with Crippen LogP contribution in [0.3, 0.4) is 0 Å². The largest absolute Gasteiger partial charge is 0.444 e. The number of hydrogen-bond acceptors (Lipinski definition) is 5. The minimum atomic E-state index is -0.795. The molecule has 0 saturated carbocycles. The van der Waals surface area contributed by atoms with Gasteiger partial charge in [-0.3, -0.25) is 14.7 Å². The number of carbonyl (C=O) groups excluding carboxylic acids is 2. The molecule has 2 aromatic rings. The molecule has 1 atom stereocenters.